The molecule has 1 saturated heterocycles. The number of nitrogens with one attached hydrogen (secondary N) is 1. The molecule has 1 N–H and O–H groups in total. The fourth-order valence-corrected chi connectivity index (χ4v) is 2.35. The predicted molar refractivity (Wildman–Crippen MR) is 60.5 cm³/mol. The van der Waals surface area contributed by atoms with Gasteiger partial charge < -0.3 is 5.32 Å². The third kappa shape index (κ3) is 1.98. The molecule has 76 valence electrons. The summed E-state index contributed by atoms with van der Waals surface area (Å²) in [6.07, 6.45) is 3.87. The fourth-order valence-electron chi connectivity index (χ4n) is 2.35. The first kappa shape index (κ1) is 9.72. The van der Waals surface area contributed by atoms with Gasteiger partial charge in [0.25, 0.3) is 0 Å². The molecular formula is C13H19N. The van der Waals surface area contributed by atoms with Crippen LogP contribution in [0.1, 0.15) is 31.7 Å². The van der Waals surface area contributed by atoms with Crippen molar-refractivity contribution in [1.29, 1.82) is 0 Å². The zero-order valence-corrected chi connectivity index (χ0v) is 8.92. The highest BCUT2D eigenvalue weighted by molar-refractivity contribution is 5.24. The van der Waals surface area contributed by atoms with E-state index in [1.54, 1.807) is 0 Å². The van der Waals surface area contributed by atoms with Gasteiger partial charge >= 0.3 is 0 Å². The Hall–Kier alpha value is -0.820. The van der Waals surface area contributed by atoms with Crippen LogP contribution >= 0.6 is 0 Å². The normalized spacial score (nSPS) is 28.4. The van der Waals surface area contributed by atoms with Gasteiger partial charge in [-0.15, -0.1) is 0 Å². The van der Waals surface area contributed by atoms with Crippen LogP contribution in [0.4, 0.5) is 0 Å². The van der Waals surface area contributed by atoms with E-state index in [0.717, 1.165) is 6.54 Å². The van der Waals surface area contributed by atoms with Crippen molar-refractivity contribution in [2.75, 3.05) is 13.1 Å². The zero-order valence-electron chi connectivity index (χ0n) is 8.92. The van der Waals surface area contributed by atoms with E-state index in [2.05, 4.69) is 42.6 Å². The molecular weight excluding hydrogens is 170 g/mol. The van der Waals surface area contributed by atoms with Crippen molar-refractivity contribution >= 4 is 0 Å². The molecule has 2 rings (SSSR count). The van der Waals surface area contributed by atoms with Crippen LogP contribution in [0.2, 0.25) is 0 Å². The SMILES string of the molecule is CC1(c2ccccc2)CCCNCC1. The monoisotopic (exact) mass is 189 g/mol. The van der Waals surface area contributed by atoms with Crippen LogP contribution in [0.5, 0.6) is 0 Å². The quantitative estimate of drug-likeness (QED) is 0.716. The Labute approximate surface area is 86.5 Å². The molecule has 0 amide bonds. The molecule has 1 atom stereocenters. The van der Waals surface area contributed by atoms with E-state index < -0.39 is 0 Å². The second kappa shape index (κ2) is 4.14. The summed E-state index contributed by atoms with van der Waals surface area (Å²) in [4.78, 5) is 0. The largest absolute Gasteiger partial charge is 0.317 e. The lowest BCUT2D eigenvalue weighted by atomic mass is 9.76. The standard InChI is InChI=1S/C13H19N/c1-13(8-5-10-14-11-9-13)12-6-3-2-4-7-12/h2-4,6-7,14H,5,8-11H2,1H3. The highest BCUT2D eigenvalue weighted by atomic mass is 14.9. The van der Waals surface area contributed by atoms with Crippen LogP contribution in [0, 0.1) is 0 Å². The van der Waals surface area contributed by atoms with Gasteiger partial charge in [0, 0.05) is 0 Å². The number of hydrogen-bond donors (Lipinski definition) is 1. The van der Waals surface area contributed by atoms with Gasteiger partial charge in [0.1, 0.15) is 0 Å². The second-order valence-electron chi connectivity index (χ2n) is 4.53. The second-order valence-corrected chi connectivity index (χ2v) is 4.53. The van der Waals surface area contributed by atoms with Crippen molar-refractivity contribution in [3.63, 3.8) is 0 Å². The number of benzene rings is 1. The van der Waals surface area contributed by atoms with Crippen LogP contribution in [0.15, 0.2) is 30.3 Å². The fraction of sp³-hybridized carbons (Fsp3) is 0.538. The van der Waals surface area contributed by atoms with E-state index in [1.165, 1.54) is 31.4 Å². The van der Waals surface area contributed by atoms with E-state index in [-0.39, 0.29) is 0 Å². The van der Waals surface area contributed by atoms with Crippen LogP contribution in [-0.2, 0) is 5.41 Å². The van der Waals surface area contributed by atoms with Crippen LogP contribution in [-0.4, -0.2) is 13.1 Å². The van der Waals surface area contributed by atoms with Crippen LogP contribution < -0.4 is 5.32 Å². The molecule has 14 heavy (non-hydrogen) atoms. The number of rotatable bonds is 1. The molecule has 1 heterocycles. The van der Waals surface area contributed by atoms with E-state index in [1.807, 2.05) is 0 Å². The van der Waals surface area contributed by atoms with Gasteiger partial charge in [-0.05, 0) is 43.3 Å². The van der Waals surface area contributed by atoms with Crippen molar-refractivity contribution < 1.29 is 0 Å². The van der Waals surface area contributed by atoms with Crippen molar-refractivity contribution in [3.8, 4) is 0 Å². The Morgan fingerprint density at radius 2 is 1.86 bits per heavy atom. The molecule has 0 spiro atoms. The number of hydrogen-bond acceptors (Lipinski definition) is 1. The molecule has 0 saturated carbocycles. The highest BCUT2D eigenvalue weighted by Crippen LogP contribution is 2.33. The first-order valence-electron chi connectivity index (χ1n) is 5.57. The molecule has 0 aromatic heterocycles. The molecule has 1 unspecified atom stereocenters. The summed E-state index contributed by atoms with van der Waals surface area (Å²) in [5.41, 5.74) is 1.90. The van der Waals surface area contributed by atoms with Gasteiger partial charge in [0.05, 0.1) is 0 Å². The lowest BCUT2D eigenvalue weighted by Crippen LogP contribution is -2.23. The molecule has 0 aliphatic carbocycles. The lowest BCUT2D eigenvalue weighted by Gasteiger charge is -2.28. The Bertz CT molecular complexity index is 271. The van der Waals surface area contributed by atoms with Crippen molar-refractivity contribution in [2.24, 2.45) is 0 Å². The zero-order chi connectivity index (χ0) is 9.86. The Balaban J connectivity index is 2.21. The maximum atomic E-state index is 3.47. The smallest absolute Gasteiger partial charge is 0.00405 e. The summed E-state index contributed by atoms with van der Waals surface area (Å²) >= 11 is 0. The maximum Gasteiger partial charge on any atom is -0.00405 e. The molecule has 1 aliphatic heterocycles. The topological polar surface area (TPSA) is 12.0 Å². The Morgan fingerprint density at radius 3 is 2.64 bits per heavy atom. The van der Waals surface area contributed by atoms with Crippen molar-refractivity contribution in [2.45, 2.75) is 31.6 Å². The molecule has 1 heteroatoms. The summed E-state index contributed by atoms with van der Waals surface area (Å²) in [5, 5.41) is 3.47. The molecule has 0 bridgehead atoms. The van der Waals surface area contributed by atoms with E-state index >= 15 is 0 Å². The van der Waals surface area contributed by atoms with Gasteiger partial charge in [-0.25, -0.2) is 0 Å². The molecule has 1 nitrogen and oxygen atoms in total. The van der Waals surface area contributed by atoms with E-state index in [4.69, 9.17) is 0 Å². The van der Waals surface area contributed by atoms with E-state index in [9.17, 15) is 0 Å². The van der Waals surface area contributed by atoms with Gasteiger partial charge in [0.15, 0.2) is 0 Å². The van der Waals surface area contributed by atoms with Gasteiger partial charge in [0.2, 0.25) is 0 Å². The highest BCUT2D eigenvalue weighted by Gasteiger charge is 2.26. The minimum Gasteiger partial charge on any atom is -0.317 e. The van der Waals surface area contributed by atoms with Gasteiger partial charge in [-0.1, -0.05) is 37.3 Å². The lowest BCUT2D eigenvalue weighted by molar-refractivity contribution is 0.420. The third-order valence-electron chi connectivity index (χ3n) is 3.41. The summed E-state index contributed by atoms with van der Waals surface area (Å²) in [6.45, 7) is 4.74. The maximum absolute atomic E-state index is 3.47. The summed E-state index contributed by atoms with van der Waals surface area (Å²) in [6, 6.07) is 10.9. The Morgan fingerprint density at radius 1 is 1.07 bits per heavy atom. The van der Waals surface area contributed by atoms with Crippen LogP contribution in [0.25, 0.3) is 0 Å². The predicted octanol–water partition coefficient (Wildman–Crippen LogP) is 2.72. The summed E-state index contributed by atoms with van der Waals surface area (Å²) in [5.74, 6) is 0. The molecule has 1 aromatic carbocycles. The minimum atomic E-state index is 0.394. The minimum absolute atomic E-state index is 0.394. The summed E-state index contributed by atoms with van der Waals surface area (Å²) in [7, 11) is 0. The van der Waals surface area contributed by atoms with E-state index in [0.29, 0.717) is 5.41 Å². The average Bonchev–Trinajstić information content (AvgIpc) is 2.46. The molecule has 1 aromatic rings. The van der Waals surface area contributed by atoms with Gasteiger partial charge in [-0.3, -0.25) is 0 Å². The molecule has 0 radical (unpaired) electrons. The molecule has 1 fully saturated rings. The third-order valence-corrected chi connectivity index (χ3v) is 3.41. The van der Waals surface area contributed by atoms with Crippen molar-refractivity contribution in [3.05, 3.63) is 35.9 Å². The average molecular weight is 189 g/mol. The Kier molecular flexibility index (Phi) is 2.87. The first-order chi connectivity index (χ1) is 6.81. The van der Waals surface area contributed by atoms with Crippen molar-refractivity contribution in [1.82, 2.24) is 5.32 Å². The summed E-state index contributed by atoms with van der Waals surface area (Å²) < 4.78 is 0. The van der Waals surface area contributed by atoms with Crippen LogP contribution in [0.3, 0.4) is 0 Å². The molecule has 1 aliphatic rings. The first-order valence-corrected chi connectivity index (χ1v) is 5.57. The van der Waals surface area contributed by atoms with Gasteiger partial charge in [-0.2, -0.15) is 0 Å².